The van der Waals surface area contributed by atoms with Gasteiger partial charge in [-0.25, -0.2) is 9.48 Å². The third-order valence-corrected chi connectivity index (χ3v) is 3.89. The summed E-state index contributed by atoms with van der Waals surface area (Å²) in [5.74, 6) is -1.24. The summed E-state index contributed by atoms with van der Waals surface area (Å²) >= 11 is 0. The largest absolute Gasteiger partial charge is 0.476 e. The quantitative estimate of drug-likeness (QED) is 0.800. The number of nitrogens with one attached hydrogen (secondary N) is 1. The van der Waals surface area contributed by atoms with Gasteiger partial charge in [0, 0.05) is 6.04 Å². The fourth-order valence-corrected chi connectivity index (χ4v) is 2.81. The van der Waals surface area contributed by atoms with E-state index in [0.29, 0.717) is 12.1 Å². The zero-order chi connectivity index (χ0) is 15.2. The topological polar surface area (TPSA) is 97.1 Å². The van der Waals surface area contributed by atoms with Crippen molar-refractivity contribution < 1.29 is 14.7 Å². The molecule has 0 bridgehead atoms. The Labute approximate surface area is 123 Å². The predicted molar refractivity (Wildman–Crippen MR) is 76.0 cm³/mol. The van der Waals surface area contributed by atoms with Gasteiger partial charge in [-0.2, -0.15) is 0 Å². The van der Waals surface area contributed by atoms with Crippen molar-refractivity contribution in [3.05, 3.63) is 11.4 Å². The lowest BCUT2D eigenvalue weighted by atomic mass is 10.1. The zero-order valence-corrected chi connectivity index (χ0v) is 12.3. The molecule has 21 heavy (non-hydrogen) atoms. The third kappa shape index (κ3) is 4.03. The Morgan fingerprint density at radius 3 is 2.52 bits per heavy atom. The van der Waals surface area contributed by atoms with Gasteiger partial charge in [-0.3, -0.25) is 4.79 Å². The molecule has 1 amide bonds. The van der Waals surface area contributed by atoms with Gasteiger partial charge in [-0.15, -0.1) is 5.10 Å². The molecule has 0 radical (unpaired) electrons. The van der Waals surface area contributed by atoms with Gasteiger partial charge >= 0.3 is 5.97 Å². The Balaban J connectivity index is 1.97. The lowest BCUT2D eigenvalue weighted by molar-refractivity contribution is -0.122. The van der Waals surface area contributed by atoms with Gasteiger partial charge in [0.15, 0.2) is 5.69 Å². The average molecular weight is 294 g/mol. The number of aromatic nitrogens is 3. The Kier molecular flexibility index (Phi) is 5.30. The van der Waals surface area contributed by atoms with Crippen LogP contribution in [0.5, 0.6) is 0 Å². The Morgan fingerprint density at radius 2 is 1.95 bits per heavy atom. The van der Waals surface area contributed by atoms with Gasteiger partial charge in [0.1, 0.15) is 6.54 Å². The van der Waals surface area contributed by atoms with E-state index in [4.69, 9.17) is 5.11 Å². The number of nitrogens with zero attached hydrogens (tertiary/aromatic N) is 3. The van der Waals surface area contributed by atoms with Crippen LogP contribution in [-0.2, 0) is 17.8 Å². The highest BCUT2D eigenvalue weighted by Gasteiger charge is 2.20. The molecule has 7 nitrogen and oxygen atoms in total. The molecule has 0 unspecified atom stereocenters. The van der Waals surface area contributed by atoms with E-state index in [9.17, 15) is 9.59 Å². The van der Waals surface area contributed by atoms with E-state index < -0.39 is 5.97 Å². The summed E-state index contributed by atoms with van der Waals surface area (Å²) in [5.41, 5.74) is 0.415. The van der Waals surface area contributed by atoms with Crippen molar-refractivity contribution in [2.75, 3.05) is 0 Å². The number of carbonyl (C=O) groups is 2. The highest BCUT2D eigenvalue weighted by molar-refractivity contribution is 5.86. The fraction of sp³-hybridized carbons (Fsp3) is 0.714. The summed E-state index contributed by atoms with van der Waals surface area (Å²) in [4.78, 5) is 23.1. The first kappa shape index (κ1) is 15.5. The Hall–Kier alpha value is -1.92. The maximum atomic E-state index is 12.1. The van der Waals surface area contributed by atoms with Crippen molar-refractivity contribution in [2.45, 2.75) is 64.5 Å². The van der Waals surface area contributed by atoms with Crippen LogP contribution < -0.4 is 5.32 Å². The predicted octanol–water partition coefficient (Wildman–Crippen LogP) is 1.38. The number of carbonyl (C=O) groups excluding carboxylic acids is 1. The van der Waals surface area contributed by atoms with Crippen LogP contribution in [0, 0.1) is 0 Å². The number of rotatable bonds is 5. The average Bonchev–Trinajstić information content (AvgIpc) is 2.66. The lowest BCUT2D eigenvalue weighted by Gasteiger charge is -2.16. The van der Waals surface area contributed by atoms with Crippen LogP contribution in [0.2, 0.25) is 0 Å². The molecule has 0 atom stereocenters. The van der Waals surface area contributed by atoms with E-state index in [-0.39, 0.29) is 24.2 Å². The van der Waals surface area contributed by atoms with Gasteiger partial charge in [-0.1, -0.05) is 37.8 Å². The normalized spacial score (nSPS) is 16.4. The summed E-state index contributed by atoms with van der Waals surface area (Å²) in [6.07, 6.45) is 7.28. The van der Waals surface area contributed by atoms with Crippen molar-refractivity contribution in [1.29, 1.82) is 0 Å². The Bertz CT molecular complexity index is 504. The minimum Gasteiger partial charge on any atom is -0.476 e. The lowest BCUT2D eigenvalue weighted by Crippen LogP contribution is -2.37. The van der Waals surface area contributed by atoms with Crippen molar-refractivity contribution in [2.24, 2.45) is 0 Å². The molecule has 0 aliphatic heterocycles. The SMILES string of the molecule is CCc1c(C(=O)O)nnn1CC(=O)NC1CCCCCC1. The third-order valence-electron chi connectivity index (χ3n) is 3.89. The molecular formula is C14H22N4O3. The molecular weight excluding hydrogens is 272 g/mol. The molecule has 2 N–H and O–H groups in total. The van der Waals surface area contributed by atoms with Crippen LogP contribution in [-0.4, -0.2) is 38.0 Å². The van der Waals surface area contributed by atoms with Crippen LogP contribution >= 0.6 is 0 Å². The van der Waals surface area contributed by atoms with E-state index in [1.807, 2.05) is 6.92 Å². The van der Waals surface area contributed by atoms with Crippen LogP contribution in [0.15, 0.2) is 0 Å². The summed E-state index contributed by atoms with van der Waals surface area (Å²) in [5, 5.41) is 19.5. The minimum atomic E-state index is -1.11. The first-order valence-corrected chi connectivity index (χ1v) is 7.56. The Morgan fingerprint density at radius 1 is 1.29 bits per heavy atom. The number of hydrogen-bond donors (Lipinski definition) is 2. The maximum absolute atomic E-state index is 12.1. The van der Waals surface area contributed by atoms with Gasteiger partial charge in [-0.05, 0) is 19.3 Å². The van der Waals surface area contributed by atoms with E-state index in [2.05, 4.69) is 15.6 Å². The van der Waals surface area contributed by atoms with E-state index in [1.54, 1.807) is 0 Å². The van der Waals surface area contributed by atoms with Crippen LogP contribution in [0.25, 0.3) is 0 Å². The highest BCUT2D eigenvalue weighted by Crippen LogP contribution is 2.17. The van der Waals surface area contributed by atoms with Crippen molar-refractivity contribution in [3.63, 3.8) is 0 Å². The molecule has 1 heterocycles. The highest BCUT2D eigenvalue weighted by atomic mass is 16.4. The molecule has 1 aliphatic carbocycles. The standard InChI is InChI=1S/C14H22N4O3/c1-2-11-13(14(20)21)16-17-18(11)9-12(19)15-10-7-5-3-4-6-8-10/h10H,2-9H2,1H3,(H,15,19)(H,20,21). The van der Waals surface area contributed by atoms with Crippen LogP contribution in [0.4, 0.5) is 0 Å². The van der Waals surface area contributed by atoms with Crippen LogP contribution in [0.1, 0.15) is 61.6 Å². The van der Waals surface area contributed by atoms with Gasteiger partial charge in [0.2, 0.25) is 5.91 Å². The molecule has 1 aliphatic rings. The summed E-state index contributed by atoms with van der Waals surface area (Å²) in [6.45, 7) is 1.85. The molecule has 1 aromatic rings. The second-order valence-corrected chi connectivity index (χ2v) is 5.46. The molecule has 1 fully saturated rings. The van der Waals surface area contributed by atoms with E-state index in [0.717, 1.165) is 25.7 Å². The van der Waals surface area contributed by atoms with Gasteiger partial charge in [0.05, 0.1) is 5.69 Å². The number of carboxylic acids is 1. The van der Waals surface area contributed by atoms with Crippen molar-refractivity contribution in [3.8, 4) is 0 Å². The summed E-state index contributed by atoms with van der Waals surface area (Å²) in [7, 11) is 0. The number of carboxylic acid groups (broad SMARTS) is 1. The second kappa shape index (κ2) is 7.19. The molecule has 0 aromatic carbocycles. The molecule has 2 rings (SSSR count). The van der Waals surface area contributed by atoms with E-state index >= 15 is 0 Å². The number of aromatic carboxylic acids is 1. The molecule has 116 valence electrons. The monoisotopic (exact) mass is 294 g/mol. The van der Waals surface area contributed by atoms with Gasteiger partial charge in [0.25, 0.3) is 0 Å². The number of amides is 1. The molecule has 0 spiro atoms. The van der Waals surface area contributed by atoms with E-state index in [1.165, 1.54) is 17.5 Å². The van der Waals surface area contributed by atoms with Crippen LogP contribution in [0.3, 0.4) is 0 Å². The molecule has 1 aromatic heterocycles. The summed E-state index contributed by atoms with van der Waals surface area (Å²) in [6, 6.07) is 0.229. The molecule has 0 saturated heterocycles. The molecule has 1 saturated carbocycles. The smallest absolute Gasteiger partial charge is 0.358 e. The van der Waals surface area contributed by atoms with Gasteiger partial charge < -0.3 is 10.4 Å². The fourth-order valence-electron chi connectivity index (χ4n) is 2.81. The minimum absolute atomic E-state index is 0.0277. The first-order chi connectivity index (χ1) is 10.1. The maximum Gasteiger partial charge on any atom is 0.358 e. The number of hydrogen-bond acceptors (Lipinski definition) is 4. The van der Waals surface area contributed by atoms with Crippen molar-refractivity contribution >= 4 is 11.9 Å². The second-order valence-electron chi connectivity index (χ2n) is 5.46. The van der Waals surface area contributed by atoms with Crippen molar-refractivity contribution in [1.82, 2.24) is 20.3 Å². The summed E-state index contributed by atoms with van der Waals surface area (Å²) < 4.78 is 1.38. The zero-order valence-electron chi connectivity index (χ0n) is 12.3. The molecule has 7 heteroatoms. The first-order valence-electron chi connectivity index (χ1n) is 7.56.